The molecule has 0 amide bonds. The van der Waals surface area contributed by atoms with Crippen LogP contribution >= 0.6 is 11.3 Å². The summed E-state index contributed by atoms with van der Waals surface area (Å²) in [6.45, 7) is 0. The van der Waals surface area contributed by atoms with Crippen LogP contribution < -0.4 is 5.32 Å². The summed E-state index contributed by atoms with van der Waals surface area (Å²) in [7, 11) is 0. The number of thiazole rings is 1. The van der Waals surface area contributed by atoms with Gasteiger partial charge in [0.05, 0.1) is 11.3 Å². The maximum absolute atomic E-state index is 12.7. The fourth-order valence-electron chi connectivity index (χ4n) is 1.98. The molecular formula is C15H10F3N3O2S. The van der Waals surface area contributed by atoms with E-state index in [9.17, 15) is 23.4 Å². The Kier molecular flexibility index (Phi) is 4.02. The van der Waals surface area contributed by atoms with Crippen molar-refractivity contribution >= 4 is 22.3 Å². The summed E-state index contributed by atoms with van der Waals surface area (Å²) in [6, 6.07) is 5.84. The first-order valence-electron chi connectivity index (χ1n) is 6.61. The molecule has 5 nitrogen and oxygen atoms in total. The number of benzene rings is 1. The molecule has 0 unspecified atom stereocenters. The van der Waals surface area contributed by atoms with E-state index >= 15 is 0 Å². The second-order valence-electron chi connectivity index (χ2n) is 4.79. The average Bonchev–Trinajstić information content (AvgIpc) is 2.95. The highest BCUT2D eigenvalue weighted by Gasteiger charge is 2.30. The summed E-state index contributed by atoms with van der Waals surface area (Å²) in [6.07, 6.45) is -3.39. The molecule has 124 valence electrons. The number of aromatic nitrogens is 2. The highest BCUT2D eigenvalue weighted by Crippen LogP contribution is 2.35. The maximum Gasteiger partial charge on any atom is 0.416 e. The molecular weight excluding hydrogens is 343 g/mol. The van der Waals surface area contributed by atoms with Gasteiger partial charge in [0.2, 0.25) is 0 Å². The molecule has 0 bridgehead atoms. The van der Waals surface area contributed by atoms with Crippen LogP contribution in [-0.2, 0) is 6.18 Å². The molecule has 3 rings (SSSR count). The lowest BCUT2D eigenvalue weighted by molar-refractivity contribution is -0.137. The zero-order valence-corrected chi connectivity index (χ0v) is 12.7. The molecule has 0 fully saturated rings. The Morgan fingerprint density at radius 1 is 1.08 bits per heavy atom. The van der Waals surface area contributed by atoms with Gasteiger partial charge in [0.1, 0.15) is 17.3 Å². The molecule has 9 heteroatoms. The number of hydrogen-bond donors (Lipinski definition) is 3. The molecule has 3 N–H and O–H groups in total. The minimum atomic E-state index is -4.45. The Balaban J connectivity index is 1.84. The number of anilines is 2. The van der Waals surface area contributed by atoms with E-state index in [-0.39, 0.29) is 17.3 Å². The van der Waals surface area contributed by atoms with E-state index in [0.29, 0.717) is 16.4 Å². The first kappa shape index (κ1) is 16.1. The van der Waals surface area contributed by atoms with Crippen LogP contribution in [0.1, 0.15) is 5.56 Å². The van der Waals surface area contributed by atoms with Gasteiger partial charge < -0.3 is 15.5 Å². The molecule has 0 saturated carbocycles. The molecule has 2 aromatic heterocycles. The summed E-state index contributed by atoms with van der Waals surface area (Å²) in [5.74, 6) is -0.220. The summed E-state index contributed by atoms with van der Waals surface area (Å²) < 4.78 is 38.1. The van der Waals surface area contributed by atoms with Gasteiger partial charge >= 0.3 is 6.18 Å². The van der Waals surface area contributed by atoms with Crippen molar-refractivity contribution in [2.24, 2.45) is 0 Å². The largest absolute Gasteiger partial charge is 0.508 e. The first-order valence-corrected chi connectivity index (χ1v) is 7.49. The van der Waals surface area contributed by atoms with Gasteiger partial charge in [-0.15, -0.1) is 11.3 Å². The van der Waals surface area contributed by atoms with Crippen molar-refractivity contribution in [3.8, 4) is 22.8 Å². The van der Waals surface area contributed by atoms with Crippen molar-refractivity contribution < 1.29 is 23.4 Å². The number of pyridine rings is 1. The highest BCUT2D eigenvalue weighted by molar-refractivity contribution is 7.14. The molecule has 0 aliphatic rings. The fraction of sp³-hybridized carbons (Fsp3) is 0.0667. The van der Waals surface area contributed by atoms with Crippen LogP contribution in [0.15, 0.2) is 41.9 Å². The van der Waals surface area contributed by atoms with E-state index in [0.717, 1.165) is 29.7 Å². The quantitative estimate of drug-likeness (QED) is 0.651. The molecule has 3 aromatic rings. The van der Waals surface area contributed by atoms with Crippen molar-refractivity contribution in [2.75, 3.05) is 5.32 Å². The topological polar surface area (TPSA) is 78.3 Å². The Morgan fingerprint density at radius 2 is 1.88 bits per heavy atom. The van der Waals surface area contributed by atoms with Crippen LogP contribution in [0.2, 0.25) is 0 Å². The zero-order chi connectivity index (χ0) is 17.3. The van der Waals surface area contributed by atoms with Crippen molar-refractivity contribution in [3.05, 3.63) is 47.5 Å². The van der Waals surface area contributed by atoms with E-state index in [4.69, 9.17) is 0 Å². The van der Waals surface area contributed by atoms with E-state index in [1.54, 1.807) is 5.38 Å². The first-order chi connectivity index (χ1) is 11.3. The minimum absolute atomic E-state index is 0.0145. The number of alkyl halides is 3. The zero-order valence-electron chi connectivity index (χ0n) is 11.9. The Labute approximate surface area is 138 Å². The normalized spacial score (nSPS) is 11.5. The third-order valence-corrected chi connectivity index (χ3v) is 3.84. The van der Waals surface area contributed by atoms with Crippen LogP contribution in [0.4, 0.5) is 24.1 Å². The molecule has 2 heterocycles. The van der Waals surface area contributed by atoms with Crippen molar-refractivity contribution in [2.45, 2.75) is 6.18 Å². The van der Waals surface area contributed by atoms with Crippen molar-refractivity contribution in [3.63, 3.8) is 0 Å². The lowest BCUT2D eigenvalue weighted by Gasteiger charge is -2.08. The molecule has 0 aliphatic heterocycles. The third-order valence-electron chi connectivity index (χ3n) is 3.08. The number of nitrogens with zero attached hydrogens (tertiary/aromatic N) is 2. The van der Waals surface area contributed by atoms with Gasteiger partial charge in [0.15, 0.2) is 5.13 Å². The van der Waals surface area contributed by atoms with Crippen LogP contribution in [0, 0.1) is 0 Å². The number of phenols is 2. The lowest BCUT2D eigenvalue weighted by Crippen LogP contribution is -2.06. The number of hydrogen-bond acceptors (Lipinski definition) is 6. The van der Waals surface area contributed by atoms with Crippen LogP contribution in [0.3, 0.4) is 0 Å². The predicted octanol–water partition coefficient (Wildman–Crippen LogP) is 4.38. The van der Waals surface area contributed by atoms with Crippen LogP contribution in [-0.4, -0.2) is 20.2 Å². The Hall–Kier alpha value is -2.81. The highest BCUT2D eigenvalue weighted by atomic mass is 32.1. The fourth-order valence-corrected chi connectivity index (χ4v) is 2.69. The Bertz CT molecular complexity index is 880. The molecule has 0 spiro atoms. The van der Waals surface area contributed by atoms with Crippen molar-refractivity contribution in [1.29, 1.82) is 0 Å². The number of halogens is 3. The number of aromatic hydroxyl groups is 2. The molecule has 1 aromatic carbocycles. The van der Waals surface area contributed by atoms with Gasteiger partial charge in [0, 0.05) is 23.2 Å². The molecule has 0 radical (unpaired) electrons. The number of nitrogens with one attached hydrogen (secondary N) is 1. The monoisotopic (exact) mass is 353 g/mol. The Morgan fingerprint density at radius 3 is 2.58 bits per heavy atom. The van der Waals surface area contributed by atoms with Gasteiger partial charge in [-0.1, -0.05) is 0 Å². The van der Waals surface area contributed by atoms with E-state index in [1.165, 1.54) is 18.2 Å². The average molecular weight is 353 g/mol. The van der Waals surface area contributed by atoms with E-state index < -0.39 is 11.7 Å². The van der Waals surface area contributed by atoms with Gasteiger partial charge in [-0.05, 0) is 24.3 Å². The van der Waals surface area contributed by atoms with Gasteiger partial charge in [-0.3, -0.25) is 0 Å². The van der Waals surface area contributed by atoms with Crippen LogP contribution in [0.25, 0.3) is 11.3 Å². The maximum atomic E-state index is 12.7. The minimum Gasteiger partial charge on any atom is -0.508 e. The summed E-state index contributed by atoms with van der Waals surface area (Å²) in [4.78, 5) is 8.04. The van der Waals surface area contributed by atoms with E-state index in [2.05, 4.69) is 15.3 Å². The smallest absolute Gasteiger partial charge is 0.416 e. The number of phenolic OH excluding ortho intramolecular Hbond substituents is 2. The van der Waals surface area contributed by atoms with Gasteiger partial charge in [0.25, 0.3) is 0 Å². The number of rotatable bonds is 3. The van der Waals surface area contributed by atoms with Crippen molar-refractivity contribution in [1.82, 2.24) is 9.97 Å². The summed E-state index contributed by atoms with van der Waals surface area (Å²) in [5, 5.41) is 23.8. The second-order valence-corrected chi connectivity index (χ2v) is 5.65. The summed E-state index contributed by atoms with van der Waals surface area (Å²) >= 11 is 1.15. The molecule has 0 atom stereocenters. The lowest BCUT2D eigenvalue weighted by atomic mass is 10.1. The van der Waals surface area contributed by atoms with E-state index in [1.807, 2.05) is 0 Å². The van der Waals surface area contributed by atoms with Gasteiger partial charge in [-0.25, -0.2) is 9.97 Å². The molecule has 0 saturated heterocycles. The second kappa shape index (κ2) is 6.00. The van der Waals surface area contributed by atoms with Gasteiger partial charge in [-0.2, -0.15) is 13.2 Å². The predicted molar refractivity (Wildman–Crippen MR) is 83.4 cm³/mol. The summed E-state index contributed by atoms with van der Waals surface area (Å²) in [5.41, 5.74) is 0.00837. The SMILES string of the molecule is Oc1ccc(-c2csc(Nc3cc(C(F)(F)F)ccn3)n2)c(O)c1. The molecule has 24 heavy (non-hydrogen) atoms. The molecule has 0 aliphatic carbocycles. The standard InChI is InChI=1S/C15H10F3N3O2S/c16-15(17,18)8-3-4-19-13(5-8)21-14-20-11(7-24-14)10-2-1-9(22)6-12(10)23/h1-7,22-23H,(H,19,20,21). The third kappa shape index (κ3) is 3.40. The van der Waals surface area contributed by atoms with Crippen LogP contribution in [0.5, 0.6) is 11.5 Å².